The predicted octanol–water partition coefficient (Wildman–Crippen LogP) is 12.8. The molecule has 0 N–H and O–H groups in total. The zero-order chi connectivity index (χ0) is 35.3. The van der Waals surface area contributed by atoms with Crippen LogP contribution in [0.5, 0.6) is 0 Å². The summed E-state index contributed by atoms with van der Waals surface area (Å²) in [5, 5.41) is 4.78. The summed E-state index contributed by atoms with van der Waals surface area (Å²) in [5.41, 5.74) is 15.1. The van der Waals surface area contributed by atoms with E-state index in [0.717, 1.165) is 61.2 Å². The summed E-state index contributed by atoms with van der Waals surface area (Å²) in [6.07, 6.45) is 0. The number of benzene rings is 7. The first kappa shape index (κ1) is 29.9. The molecule has 0 fully saturated rings. The average molecular weight is 680 g/mol. The second kappa shape index (κ2) is 11.1. The molecular formula is C49H33N3O. The monoisotopic (exact) mass is 679 g/mol. The van der Waals surface area contributed by atoms with Gasteiger partial charge in [-0.3, -0.25) is 0 Å². The van der Waals surface area contributed by atoms with Crippen molar-refractivity contribution in [3.63, 3.8) is 0 Å². The predicted molar refractivity (Wildman–Crippen MR) is 218 cm³/mol. The SMILES string of the molecule is CC1(C)c2ccccc2-c2c1c1oc3ccccc3c1c1c2c2ccccc2n1-c1ccc(-c2nc(-c3ccccc3)cc(-c3ccccc3)n2)cc1. The van der Waals surface area contributed by atoms with Crippen molar-refractivity contribution in [3.05, 3.63) is 175 Å². The van der Waals surface area contributed by atoms with Crippen LogP contribution in [-0.4, -0.2) is 14.5 Å². The summed E-state index contributed by atoms with van der Waals surface area (Å²) in [5.74, 6) is 0.693. The number of aromatic nitrogens is 3. The van der Waals surface area contributed by atoms with Crippen molar-refractivity contribution in [2.45, 2.75) is 19.3 Å². The van der Waals surface area contributed by atoms with Crippen molar-refractivity contribution in [1.82, 2.24) is 14.5 Å². The maximum absolute atomic E-state index is 6.90. The molecule has 3 aromatic heterocycles. The van der Waals surface area contributed by atoms with E-state index in [9.17, 15) is 0 Å². The lowest BCUT2D eigenvalue weighted by atomic mass is 9.81. The first-order valence-corrected chi connectivity index (χ1v) is 18.2. The third kappa shape index (κ3) is 4.30. The molecule has 11 rings (SSSR count). The van der Waals surface area contributed by atoms with Gasteiger partial charge in [0.05, 0.1) is 27.8 Å². The fourth-order valence-electron chi connectivity index (χ4n) is 8.79. The molecule has 1 aliphatic carbocycles. The summed E-state index contributed by atoms with van der Waals surface area (Å²) >= 11 is 0. The van der Waals surface area contributed by atoms with Crippen LogP contribution >= 0.6 is 0 Å². The molecule has 0 unspecified atom stereocenters. The third-order valence-corrected chi connectivity index (χ3v) is 11.2. The average Bonchev–Trinajstić information content (AvgIpc) is 3.84. The molecule has 0 radical (unpaired) electrons. The van der Waals surface area contributed by atoms with E-state index < -0.39 is 0 Å². The summed E-state index contributed by atoms with van der Waals surface area (Å²) in [6, 6.07) is 57.7. The zero-order valence-electron chi connectivity index (χ0n) is 29.3. The summed E-state index contributed by atoms with van der Waals surface area (Å²) in [6.45, 7) is 4.68. The molecule has 0 amide bonds. The quantitative estimate of drug-likeness (QED) is 0.186. The van der Waals surface area contributed by atoms with E-state index >= 15 is 0 Å². The van der Waals surface area contributed by atoms with Gasteiger partial charge in [-0.2, -0.15) is 0 Å². The molecule has 0 atom stereocenters. The molecule has 3 heterocycles. The van der Waals surface area contributed by atoms with Crippen molar-refractivity contribution in [2.75, 3.05) is 0 Å². The lowest BCUT2D eigenvalue weighted by Gasteiger charge is -2.22. The van der Waals surface area contributed by atoms with Gasteiger partial charge in [0, 0.05) is 49.5 Å². The normalized spacial score (nSPS) is 13.2. The molecule has 0 saturated heterocycles. The molecule has 4 nitrogen and oxygen atoms in total. The van der Waals surface area contributed by atoms with Gasteiger partial charge in [0.2, 0.25) is 0 Å². The van der Waals surface area contributed by atoms with Crippen molar-refractivity contribution in [1.29, 1.82) is 0 Å². The lowest BCUT2D eigenvalue weighted by molar-refractivity contribution is 0.620. The van der Waals surface area contributed by atoms with E-state index in [2.05, 4.69) is 170 Å². The Hall–Kier alpha value is -6.78. The molecule has 1 aliphatic rings. The van der Waals surface area contributed by atoms with Crippen LogP contribution in [0.15, 0.2) is 168 Å². The van der Waals surface area contributed by atoms with Gasteiger partial charge in [-0.05, 0) is 59.2 Å². The van der Waals surface area contributed by atoms with E-state index in [0.29, 0.717) is 5.82 Å². The van der Waals surface area contributed by atoms with Crippen molar-refractivity contribution in [2.24, 2.45) is 0 Å². The molecule has 0 aliphatic heterocycles. The van der Waals surface area contributed by atoms with Crippen LogP contribution in [0.3, 0.4) is 0 Å². The van der Waals surface area contributed by atoms with Crippen molar-refractivity contribution >= 4 is 43.7 Å². The van der Waals surface area contributed by atoms with Crippen molar-refractivity contribution < 1.29 is 4.42 Å². The fraction of sp³-hybridized carbons (Fsp3) is 0.0612. The Bertz CT molecular complexity index is 3000. The van der Waals surface area contributed by atoms with Crippen LogP contribution in [0.2, 0.25) is 0 Å². The summed E-state index contributed by atoms with van der Waals surface area (Å²) in [4.78, 5) is 10.2. The maximum atomic E-state index is 6.90. The Morgan fingerprint density at radius 3 is 1.87 bits per heavy atom. The first-order chi connectivity index (χ1) is 26.1. The van der Waals surface area contributed by atoms with Crippen LogP contribution in [-0.2, 0) is 5.41 Å². The summed E-state index contributed by atoms with van der Waals surface area (Å²) < 4.78 is 9.33. The minimum absolute atomic E-state index is 0.232. The van der Waals surface area contributed by atoms with Gasteiger partial charge in [0.15, 0.2) is 5.82 Å². The molecular weight excluding hydrogens is 647 g/mol. The van der Waals surface area contributed by atoms with Gasteiger partial charge in [-0.25, -0.2) is 9.97 Å². The van der Waals surface area contributed by atoms with Crippen LogP contribution in [0.1, 0.15) is 25.0 Å². The molecule has 0 bridgehead atoms. The zero-order valence-corrected chi connectivity index (χ0v) is 29.3. The van der Waals surface area contributed by atoms with Gasteiger partial charge in [0.25, 0.3) is 0 Å². The van der Waals surface area contributed by atoms with Crippen molar-refractivity contribution in [3.8, 4) is 50.7 Å². The standard InChI is InChI=1S/C49H33N3O/c1-49(2)37-22-12-9-19-34(37)42-43-35-20-10-13-23-40(35)52(46(43)44-36-21-11-14-24-41(36)53-47(44)45(42)49)33-27-25-32(26-28-33)48-50-38(30-15-5-3-6-16-30)29-39(51-48)31-17-7-4-8-18-31/h3-29H,1-2H3. The first-order valence-electron chi connectivity index (χ1n) is 18.2. The maximum Gasteiger partial charge on any atom is 0.160 e. The molecule has 53 heavy (non-hydrogen) atoms. The van der Waals surface area contributed by atoms with Crippen LogP contribution in [0.25, 0.3) is 94.5 Å². The molecule has 0 spiro atoms. The highest BCUT2D eigenvalue weighted by atomic mass is 16.3. The minimum Gasteiger partial charge on any atom is -0.456 e. The Balaban J connectivity index is 1.18. The molecule has 250 valence electrons. The summed E-state index contributed by atoms with van der Waals surface area (Å²) in [7, 11) is 0. The molecule has 7 aromatic carbocycles. The van der Waals surface area contributed by atoms with E-state index in [4.69, 9.17) is 14.4 Å². The lowest BCUT2D eigenvalue weighted by Crippen LogP contribution is -2.15. The third-order valence-electron chi connectivity index (χ3n) is 11.2. The number of nitrogens with zero attached hydrogens (tertiary/aromatic N) is 3. The number of hydrogen-bond donors (Lipinski definition) is 0. The highest BCUT2D eigenvalue weighted by Crippen LogP contribution is 2.57. The second-order valence-corrected chi connectivity index (χ2v) is 14.5. The van der Waals surface area contributed by atoms with E-state index in [1.807, 2.05) is 12.1 Å². The van der Waals surface area contributed by atoms with E-state index in [1.165, 1.54) is 38.5 Å². The smallest absolute Gasteiger partial charge is 0.160 e. The number of hydrogen-bond acceptors (Lipinski definition) is 3. The second-order valence-electron chi connectivity index (χ2n) is 14.5. The topological polar surface area (TPSA) is 43.9 Å². The van der Waals surface area contributed by atoms with Crippen LogP contribution < -0.4 is 0 Å². The number of para-hydroxylation sites is 2. The highest BCUT2D eigenvalue weighted by molar-refractivity contribution is 6.30. The Morgan fingerprint density at radius 2 is 1.15 bits per heavy atom. The Kier molecular flexibility index (Phi) is 6.27. The molecule has 10 aromatic rings. The van der Waals surface area contributed by atoms with Gasteiger partial charge < -0.3 is 8.98 Å². The number of furan rings is 1. The largest absolute Gasteiger partial charge is 0.456 e. The number of fused-ring (bicyclic) bond motifs is 12. The molecule has 4 heteroatoms. The van der Waals surface area contributed by atoms with Crippen LogP contribution in [0.4, 0.5) is 0 Å². The fourth-order valence-corrected chi connectivity index (χ4v) is 8.79. The highest BCUT2D eigenvalue weighted by Gasteiger charge is 2.41. The Labute approximate surface area is 306 Å². The van der Waals surface area contributed by atoms with Crippen LogP contribution in [0, 0.1) is 0 Å². The van der Waals surface area contributed by atoms with E-state index in [-0.39, 0.29) is 5.41 Å². The van der Waals surface area contributed by atoms with Gasteiger partial charge in [-0.15, -0.1) is 0 Å². The molecule has 0 saturated carbocycles. The van der Waals surface area contributed by atoms with Gasteiger partial charge in [-0.1, -0.05) is 135 Å². The van der Waals surface area contributed by atoms with Gasteiger partial charge >= 0.3 is 0 Å². The minimum atomic E-state index is -0.232. The Morgan fingerprint density at radius 1 is 0.547 bits per heavy atom. The van der Waals surface area contributed by atoms with Gasteiger partial charge in [0.1, 0.15) is 11.2 Å². The van der Waals surface area contributed by atoms with E-state index in [1.54, 1.807) is 0 Å². The number of rotatable bonds is 4.